The van der Waals surface area contributed by atoms with Gasteiger partial charge in [0.25, 0.3) is 0 Å². The largest absolute Gasteiger partial charge is 0.372 e. The summed E-state index contributed by atoms with van der Waals surface area (Å²) < 4.78 is 5.30. The predicted molar refractivity (Wildman–Crippen MR) is 104 cm³/mol. The minimum atomic E-state index is 0.477. The fourth-order valence-electron chi connectivity index (χ4n) is 2.44. The van der Waals surface area contributed by atoms with Crippen LogP contribution in [-0.2, 0) is 4.74 Å². The molecule has 23 heavy (non-hydrogen) atoms. The number of hydrogen-bond donors (Lipinski definition) is 0. The molecule has 2 unspecified atom stereocenters. The zero-order chi connectivity index (χ0) is 15.6. The summed E-state index contributed by atoms with van der Waals surface area (Å²) in [7, 11) is 0. The van der Waals surface area contributed by atoms with Gasteiger partial charge < -0.3 is 4.74 Å². The molecule has 0 radical (unpaired) electrons. The molecule has 120 valence electrons. The summed E-state index contributed by atoms with van der Waals surface area (Å²) >= 11 is 5.95. The highest BCUT2D eigenvalue weighted by molar-refractivity contribution is 8.08. The summed E-state index contributed by atoms with van der Waals surface area (Å²) in [6.45, 7) is 3.13. The molecule has 2 fully saturated rings. The Morgan fingerprint density at radius 2 is 1.74 bits per heavy atom. The molecule has 2 heterocycles. The zero-order valence-electron chi connectivity index (χ0n) is 13.2. The number of benzene rings is 2. The maximum absolute atomic E-state index is 5.30. The fraction of sp³-hybridized carbons (Fsp3) is 0.368. The van der Waals surface area contributed by atoms with E-state index < -0.39 is 0 Å². The SMILES string of the molecule is Cc1ccc(SCC2CO2)cc1-c1ccc(SCC2CS2)cc1. The highest BCUT2D eigenvalue weighted by Crippen LogP contribution is 2.36. The van der Waals surface area contributed by atoms with E-state index in [-0.39, 0.29) is 0 Å². The monoisotopic (exact) mass is 360 g/mol. The minimum Gasteiger partial charge on any atom is -0.372 e. The summed E-state index contributed by atoms with van der Waals surface area (Å²) in [5, 5.41) is 0.895. The van der Waals surface area contributed by atoms with Crippen molar-refractivity contribution in [2.75, 3.05) is 23.9 Å². The maximum atomic E-state index is 5.30. The molecule has 2 aromatic carbocycles. The standard InChI is InChI=1S/C19H20OS3/c1-13-2-5-17(21-10-15-9-20-15)8-19(13)14-3-6-16(7-4-14)22-11-18-12-23-18/h2-8,15,18H,9-12H2,1H3. The van der Waals surface area contributed by atoms with Gasteiger partial charge in [-0.15, -0.1) is 23.5 Å². The molecule has 2 saturated heterocycles. The van der Waals surface area contributed by atoms with Gasteiger partial charge >= 0.3 is 0 Å². The Bertz CT molecular complexity index is 676. The molecule has 2 atom stereocenters. The average molecular weight is 361 g/mol. The first-order valence-electron chi connectivity index (χ1n) is 7.98. The smallest absolute Gasteiger partial charge is 0.0903 e. The molecule has 0 saturated carbocycles. The van der Waals surface area contributed by atoms with Crippen LogP contribution in [0.15, 0.2) is 52.3 Å². The van der Waals surface area contributed by atoms with Crippen LogP contribution >= 0.6 is 35.3 Å². The second-order valence-corrected chi connectivity index (χ2v) is 9.55. The van der Waals surface area contributed by atoms with Crippen molar-refractivity contribution in [2.45, 2.75) is 28.1 Å². The lowest BCUT2D eigenvalue weighted by atomic mass is 10.0. The lowest BCUT2D eigenvalue weighted by Gasteiger charge is -2.10. The van der Waals surface area contributed by atoms with Gasteiger partial charge in [-0.05, 0) is 47.9 Å². The molecule has 0 bridgehead atoms. The minimum absolute atomic E-state index is 0.477. The second-order valence-electron chi connectivity index (χ2n) is 6.03. The van der Waals surface area contributed by atoms with E-state index in [0.29, 0.717) is 6.10 Å². The summed E-state index contributed by atoms with van der Waals surface area (Å²) in [5.74, 6) is 3.66. The Hall–Kier alpha value is -0.550. The first-order chi connectivity index (χ1) is 11.3. The first kappa shape index (κ1) is 15.9. The summed E-state index contributed by atoms with van der Waals surface area (Å²) in [5.41, 5.74) is 4.01. The van der Waals surface area contributed by atoms with Gasteiger partial charge in [0.2, 0.25) is 0 Å². The van der Waals surface area contributed by atoms with E-state index in [4.69, 9.17) is 4.74 Å². The quantitative estimate of drug-likeness (QED) is 0.486. The molecule has 4 heteroatoms. The van der Waals surface area contributed by atoms with E-state index in [9.17, 15) is 0 Å². The normalized spacial score (nSPS) is 22.1. The Morgan fingerprint density at radius 3 is 2.43 bits per heavy atom. The highest BCUT2D eigenvalue weighted by Gasteiger charge is 2.22. The van der Waals surface area contributed by atoms with Gasteiger partial charge in [0.1, 0.15) is 0 Å². The van der Waals surface area contributed by atoms with E-state index in [1.54, 1.807) is 0 Å². The third-order valence-corrected chi connectivity index (χ3v) is 7.53. The van der Waals surface area contributed by atoms with Crippen molar-refractivity contribution >= 4 is 35.3 Å². The number of ether oxygens (including phenoxy) is 1. The first-order valence-corrected chi connectivity index (χ1v) is 11.0. The summed E-state index contributed by atoms with van der Waals surface area (Å²) in [6, 6.07) is 15.9. The van der Waals surface area contributed by atoms with Crippen LogP contribution in [-0.4, -0.2) is 35.2 Å². The third kappa shape index (κ3) is 4.50. The van der Waals surface area contributed by atoms with Gasteiger partial charge in [-0.3, -0.25) is 0 Å². The molecule has 0 aromatic heterocycles. The van der Waals surface area contributed by atoms with Crippen molar-refractivity contribution in [3.63, 3.8) is 0 Å². The van der Waals surface area contributed by atoms with Crippen molar-refractivity contribution in [2.24, 2.45) is 0 Å². The highest BCUT2D eigenvalue weighted by atomic mass is 32.2. The van der Waals surface area contributed by atoms with Gasteiger partial charge in [0.15, 0.2) is 0 Å². The molecule has 4 rings (SSSR count). The van der Waals surface area contributed by atoms with E-state index in [1.165, 1.54) is 38.0 Å². The zero-order valence-corrected chi connectivity index (χ0v) is 15.6. The van der Waals surface area contributed by atoms with E-state index in [2.05, 4.69) is 61.2 Å². The van der Waals surface area contributed by atoms with E-state index in [0.717, 1.165) is 17.6 Å². The molecule has 0 aliphatic carbocycles. The van der Waals surface area contributed by atoms with Gasteiger partial charge in [0.05, 0.1) is 12.7 Å². The molecule has 0 spiro atoms. The van der Waals surface area contributed by atoms with Crippen molar-refractivity contribution < 1.29 is 4.74 Å². The third-order valence-electron chi connectivity index (χ3n) is 4.05. The molecular formula is C19H20OS3. The fourth-order valence-corrected chi connectivity index (χ4v) is 5.19. The molecule has 1 nitrogen and oxygen atoms in total. The molecule has 2 aromatic rings. The second kappa shape index (κ2) is 7.14. The van der Waals surface area contributed by atoms with Crippen molar-refractivity contribution in [1.29, 1.82) is 0 Å². The molecule has 2 aliphatic heterocycles. The number of aryl methyl sites for hydroxylation is 1. The Morgan fingerprint density at radius 1 is 1.04 bits per heavy atom. The van der Waals surface area contributed by atoms with Crippen LogP contribution in [0.5, 0.6) is 0 Å². The van der Waals surface area contributed by atoms with Crippen LogP contribution < -0.4 is 0 Å². The number of epoxide rings is 1. The maximum Gasteiger partial charge on any atom is 0.0903 e. The predicted octanol–water partition coefficient (Wildman–Crippen LogP) is 5.36. The van der Waals surface area contributed by atoms with Crippen LogP contribution in [0.1, 0.15) is 5.56 Å². The molecule has 0 amide bonds. The van der Waals surface area contributed by atoms with E-state index >= 15 is 0 Å². The van der Waals surface area contributed by atoms with Gasteiger partial charge in [-0.2, -0.15) is 11.8 Å². The number of rotatable bonds is 7. The van der Waals surface area contributed by atoms with Gasteiger partial charge in [0, 0.05) is 32.3 Å². The molecule has 0 N–H and O–H groups in total. The lowest BCUT2D eigenvalue weighted by Crippen LogP contribution is -1.90. The molecule has 2 aliphatic rings. The average Bonchev–Trinajstić information content (AvgIpc) is 3.47. The number of thioether (sulfide) groups is 3. The Labute approximate surface area is 151 Å². The topological polar surface area (TPSA) is 12.5 Å². The van der Waals surface area contributed by atoms with Crippen LogP contribution in [0.3, 0.4) is 0 Å². The lowest BCUT2D eigenvalue weighted by molar-refractivity contribution is 0.426. The van der Waals surface area contributed by atoms with Crippen LogP contribution in [0.4, 0.5) is 0 Å². The van der Waals surface area contributed by atoms with Crippen molar-refractivity contribution in [1.82, 2.24) is 0 Å². The summed E-state index contributed by atoms with van der Waals surface area (Å²) in [6.07, 6.45) is 0.477. The van der Waals surface area contributed by atoms with Gasteiger partial charge in [-0.1, -0.05) is 18.2 Å². The van der Waals surface area contributed by atoms with Crippen molar-refractivity contribution in [3.05, 3.63) is 48.0 Å². The van der Waals surface area contributed by atoms with Crippen molar-refractivity contribution in [3.8, 4) is 11.1 Å². The van der Waals surface area contributed by atoms with Crippen LogP contribution in [0, 0.1) is 6.92 Å². The Kier molecular flexibility index (Phi) is 4.95. The molecular weight excluding hydrogens is 340 g/mol. The van der Waals surface area contributed by atoms with E-state index in [1.807, 2.05) is 23.5 Å². The van der Waals surface area contributed by atoms with Gasteiger partial charge in [-0.25, -0.2) is 0 Å². The summed E-state index contributed by atoms with van der Waals surface area (Å²) in [4.78, 5) is 2.72. The van der Waals surface area contributed by atoms with Crippen LogP contribution in [0.25, 0.3) is 11.1 Å². The van der Waals surface area contributed by atoms with Crippen LogP contribution in [0.2, 0.25) is 0 Å². The number of hydrogen-bond acceptors (Lipinski definition) is 4. The Balaban J connectivity index is 1.47.